The normalized spacial score (nSPS) is 11.3. The molecule has 7 nitrogen and oxygen atoms in total. The van der Waals surface area contributed by atoms with Crippen LogP contribution in [0.2, 0.25) is 10.0 Å². The Bertz CT molecular complexity index is 1590. The molecule has 0 aliphatic carbocycles. The van der Waals surface area contributed by atoms with Gasteiger partial charge in [-0.15, -0.1) is 0 Å². The van der Waals surface area contributed by atoms with Gasteiger partial charge in [-0.1, -0.05) is 59.6 Å². The van der Waals surface area contributed by atoms with Gasteiger partial charge in [0.15, 0.2) is 0 Å². The van der Waals surface area contributed by atoms with Crippen molar-refractivity contribution in [2.75, 3.05) is 7.11 Å². The summed E-state index contributed by atoms with van der Waals surface area (Å²) in [7, 11) is 1.64. The molecule has 3 aromatic carbocycles. The van der Waals surface area contributed by atoms with Crippen molar-refractivity contribution in [3.63, 3.8) is 0 Å². The summed E-state index contributed by atoms with van der Waals surface area (Å²) in [4.78, 5) is 0. The summed E-state index contributed by atoms with van der Waals surface area (Å²) in [6, 6.07) is 25.0. The van der Waals surface area contributed by atoms with Crippen molar-refractivity contribution in [3.8, 4) is 28.5 Å². The van der Waals surface area contributed by atoms with Crippen molar-refractivity contribution in [2.45, 2.75) is 6.54 Å². The van der Waals surface area contributed by atoms with Crippen LogP contribution in [0.15, 0.2) is 84.0 Å². The van der Waals surface area contributed by atoms with Crippen LogP contribution in [0.25, 0.3) is 22.8 Å². The molecule has 1 N–H and O–H groups in total. The van der Waals surface area contributed by atoms with Gasteiger partial charge >= 0.3 is 0 Å². The summed E-state index contributed by atoms with van der Waals surface area (Å²) >= 11 is 17.8. The van der Waals surface area contributed by atoms with Crippen molar-refractivity contribution in [2.24, 2.45) is 5.10 Å². The molecule has 0 spiro atoms. The van der Waals surface area contributed by atoms with E-state index in [1.807, 2.05) is 53.2 Å². The number of hydrogen-bond donors (Lipinski definition) is 1. The zero-order chi connectivity index (χ0) is 25.1. The monoisotopic (exact) mass is 534 g/mol. The maximum absolute atomic E-state index is 6.32. The Balaban J connectivity index is 1.59. The summed E-state index contributed by atoms with van der Waals surface area (Å²) in [5, 5.41) is 17.8. The Morgan fingerprint density at radius 3 is 2.53 bits per heavy atom. The van der Waals surface area contributed by atoms with Crippen LogP contribution < -0.4 is 4.74 Å². The van der Waals surface area contributed by atoms with Gasteiger partial charge in [-0.3, -0.25) is 4.68 Å². The van der Waals surface area contributed by atoms with E-state index >= 15 is 0 Å². The number of aromatic amines is 1. The molecule has 10 heteroatoms. The molecule has 0 atom stereocenters. The molecule has 0 saturated heterocycles. The Hall–Kier alpha value is -3.72. The van der Waals surface area contributed by atoms with Crippen molar-refractivity contribution in [1.82, 2.24) is 24.7 Å². The molecule has 2 heterocycles. The fourth-order valence-electron chi connectivity index (χ4n) is 3.67. The van der Waals surface area contributed by atoms with E-state index in [9.17, 15) is 0 Å². The van der Waals surface area contributed by atoms with E-state index in [2.05, 4.69) is 27.4 Å². The molecule has 0 unspecified atom stereocenters. The maximum atomic E-state index is 6.32. The second-order valence-electron chi connectivity index (χ2n) is 7.86. The fraction of sp³-hybridized carbons (Fsp3) is 0.0769. The largest absolute Gasteiger partial charge is 0.497 e. The number of methoxy groups -OCH3 is 1. The SMILES string of the molecule is COc1ccc(-c2cc(-c3n[nH]c(=S)n3/N=C/c3ccc(Cl)cc3Cl)n(Cc3ccccc3)n2)cc1. The van der Waals surface area contributed by atoms with Gasteiger partial charge in [-0.05, 0) is 60.2 Å². The van der Waals surface area contributed by atoms with Gasteiger partial charge in [0.25, 0.3) is 0 Å². The summed E-state index contributed by atoms with van der Waals surface area (Å²) in [5.74, 6) is 1.29. The highest BCUT2D eigenvalue weighted by atomic mass is 35.5. The third-order valence-corrected chi connectivity index (χ3v) is 6.32. The molecule has 36 heavy (non-hydrogen) atoms. The standard InChI is InChI=1S/C26H20Cl2N6OS/c1-35-21-11-8-18(9-12-21)23-14-24(33(32-23)16-17-5-3-2-4-6-17)25-30-31-26(36)34(25)29-15-19-7-10-20(27)13-22(19)28/h2-15H,16H2,1H3,(H,31,36)/b29-15+. The number of aromatic nitrogens is 5. The van der Waals surface area contributed by atoms with E-state index in [1.54, 1.807) is 36.2 Å². The summed E-state index contributed by atoms with van der Waals surface area (Å²) in [6.07, 6.45) is 1.62. The maximum Gasteiger partial charge on any atom is 0.216 e. The van der Waals surface area contributed by atoms with E-state index < -0.39 is 0 Å². The van der Waals surface area contributed by atoms with Crippen LogP contribution in [0.5, 0.6) is 5.75 Å². The van der Waals surface area contributed by atoms with Crippen molar-refractivity contribution >= 4 is 41.6 Å². The first-order chi connectivity index (χ1) is 17.5. The van der Waals surface area contributed by atoms with Crippen LogP contribution >= 0.6 is 35.4 Å². The zero-order valence-electron chi connectivity index (χ0n) is 19.1. The summed E-state index contributed by atoms with van der Waals surface area (Å²) in [5.41, 5.74) is 4.28. The molecule has 0 bridgehead atoms. The first-order valence-corrected chi connectivity index (χ1v) is 12.1. The number of hydrogen-bond acceptors (Lipinski definition) is 5. The number of ether oxygens (including phenoxy) is 1. The molecule has 0 saturated carbocycles. The average Bonchev–Trinajstić information content (AvgIpc) is 3.47. The average molecular weight is 535 g/mol. The first-order valence-electron chi connectivity index (χ1n) is 11.0. The molecule has 5 rings (SSSR count). The smallest absolute Gasteiger partial charge is 0.216 e. The quantitative estimate of drug-likeness (QED) is 0.186. The van der Waals surface area contributed by atoms with Crippen LogP contribution in [0.1, 0.15) is 11.1 Å². The van der Waals surface area contributed by atoms with Gasteiger partial charge in [-0.2, -0.15) is 20.0 Å². The number of nitrogens with one attached hydrogen (secondary N) is 1. The van der Waals surface area contributed by atoms with Gasteiger partial charge in [-0.25, -0.2) is 5.10 Å². The lowest BCUT2D eigenvalue weighted by molar-refractivity contribution is 0.415. The van der Waals surface area contributed by atoms with Gasteiger partial charge < -0.3 is 4.74 Å². The summed E-state index contributed by atoms with van der Waals surface area (Å²) < 4.78 is 9.07. The predicted octanol–water partition coefficient (Wildman–Crippen LogP) is 6.72. The Kier molecular flexibility index (Phi) is 6.99. The number of benzene rings is 3. The van der Waals surface area contributed by atoms with Gasteiger partial charge in [0.1, 0.15) is 11.4 Å². The van der Waals surface area contributed by atoms with Crippen LogP contribution in [0.4, 0.5) is 0 Å². The van der Waals surface area contributed by atoms with E-state index in [4.69, 9.17) is 45.3 Å². The predicted molar refractivity (Wildman–Crippen MR) is 146 cm³/mol. The van der Waals surface area contributed by atoms with E-state index in [-0.39, 0.29) is 0 Å². The Morgan fingerprint density at radius 2 is 1.81 bits per heavy atom. The summed E-state index contributed by atoms with van der Waals surface area (Å²) in [6.45, 7) is 0.540. The second kappa shape index (κ2) is 10.5. The van der Waals surface area contributed by atoms with Crippen LogP contribution in [0.3, 0.4) is 0 Å². The van der Waals surface area contributed by atoms with Gasteiger partial charge in [0, 0.05) is 16.1 Å². The Labute approximate surface area is 222 Å². The minimum absolute atomic E-state index is 0.338. The topological polar surface area (TPSA) is 73.0 Å². The highest BCUT2D eigenvalue weighted by molar-refractivity contribution is 7.71. The Morgan fingerprint density at radius 1 is 1.03 bits per heavy atom. The first kappa shape index (κ1) is 24.0. The molecular weight excluding hydrogens is 515 g/mol. The van der Waals surface area contributed by atoms with Crippen LogP contribution in [-0.2, 0) is 6.54 Å². The van der Waals surface area contributed by atoms with Crippen LogP contribution in [-0.4, -0.2) is 38.0 Å². The van der Waals surface area contributed by atoms with Crippen LogP contribution in [0, 0.1) is 4.77 Å². The number of rotatable bonds is 7. The van der Waals surface area contributed by atoms with E-state index in [0.717, 1.165) is 28.3 Å². The number of halogens is 2. The molecule has 0 amide bonds. The molecule has 0 fully saturated rings. The van der Waals surface area contributed by atoms with Crippen molar-refractivity contribution in [3.05, 3.63) is 105 Å². The van der Waals surface area contributed by atoms with E-state index in [1.165, 1.54) is 0 Å². The van der Waals surface area contributed by atoms with E-state index in [0.29, 0.717) is 32.7 Å². The molecule has 2 aromatic heterocycles. The van der Waals surface area contributed by atoms with Gasteiger partial charge in [0.2, 0.25) is 10.6 Å². The number of H-pyrrole nitrogens is 1. The lowest BCUT2D eigenvalue weighted by Gasteiger charge is -2.07. The van der Waals surface area contributed by atoms with Crippen molar-refractivity contribution in [1.29, 1.82) is 0 Å². The van der Waals surface area contributed by atoms with Gasteiger partial charge in [0.05, 0.1) is 30.6 Å². The fourth-order valence-corrected chi connectivity index (χ4v) is 4.30. The minimum atomic E-state index is 0.338. The number of nitrogens with zero attached hydrogens (tertiary/aromatic N) is 5. The highest BCUT2D eigenvalue weighted by Gasteiger charge is 2.18. The molecule has 0 aliphatic heterocycles. The lowest BCUT2D eigenvalue weighted by Crippen LogP contribution is -2.06. The highest BCUT2D eigenvalue weighted by Crippen LogP contribution is 2.28. The zero-order valence-corrected chi connectivity index (χ0v) is 21.4. The molecular formula is C26H20Cl2N6OS. The lowest BCUT2D eigenvalue weighted by atomic mass is 10.1. The molecule has 0 aliphatic rings. The molecule has 5 aromatic rings. The second-order valence-corrected chi connectivity index (χ2v) is 9.09. The third kappa shape index (κ3) is 5.11. The molecule has 180 valence electrons. The third-order valence-electron chi connectivity index (χ3n) is 5.50. The van der Waals surface area contributed by atoms with Crippen molar-refractivity contribution < 1.29 is 4.74 Å². The minimum Gasteiger partial charge on any atom is -0.497 e. The molecule has 0 radical (unpaired) electrons.